The Balaban J connectivity index is 2.27. The maximum absolute atomic E-state index is 12.1. The molecule has 0 radical (unpaired) electrons. The highest BCUT2D eigenvalue weighted by Crippen LogP contribution is 2.24. The average Bonchev–Trinajstić information content (AvgIpc) is 2.77. The van der Waals surface area contributed by atoms with Gasteiger partial charge in [-0.1, -0.05) is 6.92 Å². The second kappa shape index (κ2) is 5.38. The summed E-state index contributed by atoms with van der Waals surface area (Å²) in [6.45, 7) is 1.99. The van der Waals surface area contributed by atoms with E-state index in [2.05, 4.69) is 25.6 Å². The third-order valence-electron chi connectivity index (χ3n) is 2.21. The van der Waals surface area contributed by atoms with Gasteiger partial charge in [0, 0.05) is 15.5 Å². The number of anilines is 1. The largest absolute Gasteiger partial charge is 0.277 e. The maximum Gasteiger partial charge on any atom is 0.271 e. The van der Waals surface area contributed by atoms with Crippen molar-refractivity contribution in [1.82, 2.24) is 4.98 Å². The van der Waals surface area contributed by atoms with Gasteiger partial charge in [-0.05, 0) is 40.5 Å². The van der Waals surface area contributed by atoms with E-state index in [9.17, 15) is 8.42 Å². The van der Waals surface area contributed by atoms with Gasteiger partial charge < -0.3 is 0 Å². The Labute approximate surface area is 118 Å². The van der Waals surface area contributed by atoms with E-state index in [1.54, 1.807) is 18.3 Å². The number of hydrogen-bond donors (Lipinski definition) is 1. The van der Waals surface area contributed by atoms with E-state index in [4.69, 9.17) is 0 Å². The molecular weight excluding hydrogens is 336 g/mol. The number of nitrogens with one attached hydrogen (secondary N) is 1. The summed E-state index contributed by atoms with van der Waals surface area (Å²) in [5.41, 5.74) is 0.441. The topological polar surface area (TPSA) is 59.1 Å². The minimum atomic E-state index is -3.51. The molecule has 2 rings (SSSR count). The summed E-state index contributed by atoms with van der Waals surface area (Å²) in [5.74, 6) is 0. The van der Waals surface area contributed by atoms with E-state index in [1.165, 1.54) is 17.5 Å². The zero-order valence-corrected chi connectivity index (χ0v) is 12.8. The number of aryl methyl sites for hydroxylation is 1. The molecule has 4 nitrogen and oxygen atoms in total. The van der Waals surface area contributed by atoms with Gasteiger partial charge in [0.1, 0.15) is 4.21 Å². The van der Waals surface area contributed by atoms with Crippen LogP contribution >= 0.6 is 27.3 Å². The fraction of sp³-hybridized carbons (Fsp3) is 0.182. The molecule has 7 heteroatoms. The molecule has 0 saturated heterocycles. The molecule has 0 aliphatic carbocycles. The molecule has 18 heavy (non-hydrogen) atoms. The van der Waals surface area contributed by atoms with E-state index in [0.29, 0.717) is 9.90 Å². The Morgan fingerprint density at radius 1 is 1.39 bits per heavy atom. The number of nitrogens with zero attached hydrogens (tertiary/aromatic N) is 1. The standard InChI is InChI=1S/C11H11BrN2O2S2/c1-2-10-3-4-11(17-10)18(15,16)14-9-5-8(12)6-13-7-9/h3-7,14H,2H2,1H3. The second-order valence-electron chi connectivity index (χ2n) is 3.57. The molecule has 0 amide bonds. The number of thiophene rings is 1. The summed E-state index contributed by atoms with van der Waals surface area (Å²) in [5, 5.41) is 0. The number of rotatable bonds is 4. The van der Waals surface area contributed by atoms with Crippen LogP contribution in [0.2, 0.25) is 0 Å². The Bertz CT molecular complexity index is 653. The summed E-state index contributed by atoms with van der Waals surface area (Å²) in [6.07, 6.45) is 3.90. The molecule has 2 aromatic heterocycles. The molecule has 0 spiro atoms. The predicted molar refractivity (Wildman–Crippen MR) is 76.4 cm³/mol. The average molecular weight is 347 g/mol. The molecule has 0 unspecified atom stereocenters. The Kier molecular flexibility index (Phi) is 4.04. The van der Waals surface area contributed by atoms with Crippen LogP contribution in [-0.2, 0) is 16.4 Å². The summed E-state index contributed by atoms with van der Waals surface area (Å²) >= 11 is 4.53. The van der Waals surface area contributed by atoms with Crippen LogP contribution in [0.25, 0.3) is 0 Å². The first kappa shape index (κ1) is 13.5. The minimum absolute atomic E-state index is 0.319. The van der Waals surface area contributed by atoms with Crippen LogP contribution in [0.5, 0.6) is 0 Å². The molecular formula is C11H11BrN2O2S2. The number of aromatic nitrogens is 1. The Morgan fingerprint density at radius 2 is 2.17 bits per heavy atom. The van der Waals surface area contributed by atoms with Crippen LogP contribution < -0.4 is 4.72 Å². The first-order valence-electron chi connectivity index (χ1n) is 5.23. The Morgan fingerprint density at radius 3 is 2.78 bits per heavy atom. The molecule has 96 valence electrons. The summed E-state index contributed by atoms with van der Waals surface area (Å²) in [7, 11) is -3.51. The van der Waals surface area contributed by atoms with Gasteiger partial charge in [0.25, 0.3) is 10.0 Å². The fourth-order valence-corrected chi connectivity index (χ4v) is 4.06. The smallest absolute Gasteiger partial charge is 0.271 e. The van der Waals surface area contributed by atoms with E-state index in [0.717, 1.165) is 15.8 Å². The lowest BCUT2D eigenvalue weighted by molar-refractivity contribution is 0.603. The van der Waals surface area contributed by atoms with E-state index in [1.807, 2.05) is 13.0 Å². The number of halogens is 1. The van der Waals surface area contributed by atoms with Crippen molar-refractivity contribution >= 4 is 43.0 Å². The summed E-state index contributed by atoms with van der Waals surface area (Å²) in [6, 6.07) is 5.12. The van der Waals surface area contributed by atoms with Crippen LogP contribution in [0.1, 0.15) is 11.8 Å². The molecule has 0 bridgehead atoms. The normalized spacial score (nSPS) is 11.4. The van der Waals surface area contributed by atoms with Crippen molar-refractivity contribution in [1.29, 1.82) is 0 Å². The van der Waals surface area contributed by atoms with E-state index in [-0.39, 0.29) is 0 Å². The minimum Gasteiger partial charge on any atom is -0.277 e. The van der Waals surface area contributed by atoms with E-state index >= 15 is 0 Å². The van der Waals surface area contributed by atoms with Gasteiger partial charge in [-0.25, -0.2) is 8.42 Å². The summed E-state index contributed by atoms with van der Waals surface area (Å²) < 4.78 is 27.7. The molecule has 1 N–H and O–H groups in total. The van der Waals surface area contributed by atoms with Crippen LogP contribution in [0.3, 0.4) is 0 Å². The van der Waals surface area contributed by atoms with Gasteiger partial charge >= 0.3 is 0 Å². The van der Waals surface area contributed by atoms with E-state index < -0.39 is 10.0 Å². The number of pyridine rings is 1. The number of hydrogen-bond acceptors (Lipinski definition) is 4. The highest BCUT2D eigenvalue weighted by Gasteiger charge is 2.16. The highest BCUT2D eigenvalue weighted by atomic mass is 79.9. The highest BCUT2D eigenvalue weighted by molar-refractivity contribution is 9.10. The fourth-order valence-electron chi connectivity index (χ4n) is 1.37. The number of sulfonamides is 1. The van der Waals surface area contributed by atoms with Crippen molar-refractivity contribution in [2.75, 3.05) is 4.72 Å². The van der Waals surface area contributed by atoms with Crippen LogP contribution in [-0.4, -0.2) is 13.4 Å². The lowest BCUT2D eigenvalue weighted by atomic mass is 10.4. The first-order valence-corrected chi connectivity index (χ1v) is 8.32. The predicted octanol–water partition coefficient (Wildman–Crippen LogP) is 3.27. The van der Waals surface area contributed by atoms with Crippen molar-refractivity contribution in [3.8, 4) is 0 Å². The van der Waals surface area contributed by atoms with Crippen LogP contribution in [0.15, 0.2) is 39.3 Å². The molecule has 0 fully saturated rings. The van der Waals surface area contributed by atoms with Gasteiger partial charge in [0.05, 0.1) is 11.9 Å². The van der Waals surface area contributed by atoms with Crippen LogP contribution in [0, 0.1) is 0 Å². The quantitative estimate of drug-likeness (QED) is 0.924. The zero-order chi connectivity index (χ0) is 13.2. The van der Waals surface area contributed by atoms with Crippen molar-refractivity contribution in [3.05, 3.63) is 39.9 Å². The molecule has 0 aliphatic heterocycles. The monoisotopic (exact) mass is 346 g/mol. The van der Waals surface area contributed by atoms with Crippen LogP contribution in [0.4, 0.5) is 5.69 Å². The first-order chi connectivity index (χ1) is 8.51. The van der Waals surface area contributed by atoms with Gasteiger partial charge in [0.2, 0.25) is 0 Å². The third kappa shape index (κ3) is 3.09. The lowest BCUT2D eigenvalue weighted by Crippen LogP contribution is -2.11. The Hall–Kier alpha value is -0.920. The molecule has 0 atom stereocenters. The van der Waals surface area contributed by atoms with Gasteiger partial charge in [0.15, 0.2) is 0 Å². The molecule has 2 heterocycles. The lowest BCUT2D eigenvalue weighted by Gasteiger charge is -2.05. The maximum atomic E-state index is 12.1. The SMILES string of the molecule is CCc1ccc(S(=O)(=O)Nc2cncc(Br)c2)s1. The zero-order valence-electron chi connectivity index (χ0n) is 9.55. The summed E-state index contributed by atoms with van der Waals surface area (Å²) in [4.78, 5) is 4.96. The van der Waals surface area contributed by atoms with Gasteiger partial charge in [-0.3, -0.25) is 9.71 Å². The van der Waals surface area contributed by atoms with Crippen molar-refractivity contribution in [2.24, 2.45) is 0 Å². The molecule has 2 aromatic rings. The second-order valence-corrected chi connectivity index (χ2v) is 7.56. The third-order valence-corrected chi connectivity index (χ3v) is 5.74. The van der Waals surface area contributed by atoms with Crippen molar-refractivity contribution in [3.63, 3.8) is 0 Å². The van der Waals surface area contributed by atoms with Gasteiger partial charge in [-0.15, -0.1) is 11.3 Å². The van der Waals surface area contributed by atoms with Crippen molar-refractivity contribution in [2.45, 2.75) is 17.6 Å². The van der Waals surface area contributed by atoms with Crippen molar-refractivity contribution < 1.29 is 8.42 Å². The molecule has 0 aromatic carbocycles. The molecule has 0 aliphatic rings. The molecule has 0 saturated carbocycles. The van der Waals surface area contributed by atoms with Gasteiger partial charge in [-0.2, -0.15) is 0 Å².